The highest BCUT2D eigenvalue weighted by molar-refractivity contribution is 5.97. The number of hydrogen-bond donors (Lipinski definition) is 0. The Kier molecular flexibility index (Phi) is 3.65. The number of carbonyl (C=O) groups is 2. The number of rotatable bonds is 2. The highest BCUT2D eigenvalue weighted by atomic mass is 16.2. The zero-order valence-electron chi connectivity index (χ0n) is 10.8. The summed E-state index contributed by atoms with van der Waals surface area (Å²) in [5, 5.41) is 0. The largest absolute Gasteiger partial charge is 0.282 e. The van der Waals surface area contributed by atoms with E-state index in [1.165, 1.54) is 16.0 Å². The summed E-state index contributed by atoms with van der Waals surface area (Å²) in [6.07, 6.45) is 5.10. The standard InChI is InChI=1S/C14H21NO2/c1-10-6-7-12(8-11(10)2)9-15-13(16)4-3-5-14(15)17/h12H,3-9H2,1-2H3/t12-/m1/s1. The van der Waals surface area contributed by atoms with Crippen molar-refractivity contribution in [2.24, 2.45) is 5.92 Å². The third-order valence-electron chi connectivity index (χ3n) is 4.08. The second kappa shape index (κ2) is 5.03. The van der Waals surface area contributed by atoms with Gasteiger partial charge in [-0.25, -0.2) is 0 Å². The van der Waals surface area contributed by atoms with E-state index in [0.717, 1.165) is 25.7 Å². The normalized spacial score (nSPS) is 26.7. The van der Waals surface area contributed by atoms with Crippen molar-refractivity contribution in [1.82, 2.24) is 4.90 Å². The van der Waals surface area contributed by atoms with E-state index in [0.29, 0.717) is 25.3 Å². The van der Waals surface area contributed by atoms with Crippen LogP contribution in [0.4, 0.5) is 0 Å². The Labute approximate surface area is 103 Å². The van der Waals surface area contributed by atoms with Gasteiger partial charge in [-0.2, -0.15) is 0 Å². The lowest BCUT2D eigenvalue weighted by molar-refractivity contribution is -0.148. The number of nitrogens with zero attached hydrogens (tertiary/aromatic N) is 1. The van der Waals surface area contributed by atoms with E-state index < -0.39 is 0 Å². The maximum absolute atomic E-state index is 11.7. The first-order chi connectivity index (χ1) is 8.08. The van der Waals surface area contributed by atoms with E-state index in [1.54, 1.807) is 0 Å². The number of hydrogen-bond acceptors (Lipinski definition) is 2. The van der Waals surface area contributed by atoms with Crippen LogP contribution in [0.25, 0.3) is 0 Å². The zero-order chi connectivity index (χ0) is 12.4. The average Bonchev–Trinajstić information content (AvgIpc) is 2.28. The van der Waals surface area contributed by atoms with Crippen molar-refractivity contribution in [1.29, 1.82) is 0 Å². The molecule has 0 bridgehead atoms. The fraction of sp³-hybridized carbons (Fsp3) is 0.714. The van der Waals surface area contributed by atoms with Crippen LogP contribution < -0.4 is 0 Å². The van der Waals surface area contributed by atoms with Crippen LogP contribution in [0.5, 0.6) is 0 Å². The molecule has 0 unspecified atom stereocenters. The van der Waals surface area contributed by atoms with Crippen molar-refractivity contribution in [3.05, 3.63) is 11.1 Å². The van der Waals surface area contributed by atoms with Crippen LogP contribution in [0.2, 0.25) is 0 Å². The molecule has 3 nitrogen and oxygen atoms in total. The second-order valence-corrected chi connectivity index (χ2v) is 5.42. The Morgan fingerprint density at radius 1 is 1.06 bits per heavy atom. The van der Waals surface area contributed by atoms with Gasteiger partial charge < -0.3 is 0 Å². The first-order valence-corrected chi connectivity index (χ1v) is 6.56. The number of likely N-dealkylation sites (tertiary alicyclic amines) is 1. The minimum Gasteiger partial charge on any atom is -0.282 e. The predicted molar refractivity (Wildman–Crippen MR) is 66.3 cm³/mol. The fourth-order valence-electron chi connectivity index (χ4n) is 2.76. The summed E-state index contributed by atoms with van der Waals surface area (Å²) in [5.74, 6) is 0.542. The van der Waals surface area contributed by atoms with Gasteiger partial charge in [0.15, 0.2) is 0 Å². The predicted octanol–water partition coefficient (Wildman–Crippen LogP) is 2.66. The fourth-order valence-corrected chi connectivity index (χ4v) is 2.76. The van der Waals surface area contributed by atoms with Crippen molar-refractivity contribution in [3.8, 4) is 0 Å². The van der Waals surface area contributed by atoms with Crippen LogP contribution in [-0.2, 0) is 9.59 Å². The van der Waals surface area contributed by atoms with Crippen LogP contribution in [0, 0.1) is 5.92 Å². The Hall–Kier alpha value is -1.12. The van der Waals surface area contributed by atoms with Crippen LogP contribution >= 0.6 is 0 Å². The van der Waals surface area contributed by atoms with Crippen molar-refractivity contribution in [2.75, 3.05) is 6.54 Å². The Morgan fingerprint density at radius 3 is 2.29 bits per heavy atom. The SMILES string of the molecule is CC1=C(C)C[C@H](CN2C(=O)CCCC2=O)CC1. The summed E-state index contributed by atoms with van der Waals surface area (Å²) in [6, 6.07) is 0. The molecule has 0 aromatic heterocycles. The molecule has 2 rings (SSSR count). The van der Waals surface area contributed by atoms with Crippen molar-refractivity contribution in [2.45, 2.75) is 52.4 Å². The highest BCUT2D eigenvalue weighted by Gasteiger charge is 2.29. The van der Waals surface area contributed by atoms with E-state index in [9.17, 15) is 9.59 Å². The number of imide groups is 1. The van der Waals surface area contributed by atoms with E-state index in [-0.39, 0.29) is 11.8 Å². The molecule has 0 saturated carbocycles. The number of amides is 2. The maximum atomic E-state index is 11.7. The van der Waals surface area contributed by atoms with E-state index in [2.05, 4.69) is 13.8 Å². The molecule has 0 N–H and O–H groups in total. The zero-order valence-corrected chi connectivity index (χ0v) is 10.8. The van der Waals surface area contributed by atoms with Gasteiger partial charge in [-0.05, 0) is 45.4 Å². The van der Waals surface area contributed by atoms with Crippen LogP contribution in [0.3, 0.4) is 0 Å². The topological polar surface area (TPSA) is 37.4 Å². The molecule has 0 aromatic rings. The van der Waals surface area contributed by atoms with Gasteiger partial charge in [0.1, 0.15) is 0 Å². The lowest BCUT2D eigenvalue weighted by Crippen LogP contribution is -2.43. The Bertz CT molecular complexity index is 354. The summed E-state index contributed by atoms with van der Waals surface area (Å²) in [6.45, 7) is 4.99. The summed E-state index contributed by atoms with van der Waals surface area (Å²) in [5.41, 5.74) is 2.93. The lowest BCUT2D eigenvalue weighted by atomic mass is 9.84. The van der Waals surface area contributed by atoms with Crippen LogP contribution in [-0.4, -0.2) is 23.3 Å². The molecule has 1 aliphatic heterocycles. The molecule has 1 heterocycles. The first kappa shape index (κ1) is 12.3. The number of allylic oxidation sites excluding steroid dienone is 2. The Morgan fingerprint density at radius 2 is 1.71 bits per heavy atom. The van der Waals surface area contributed by atoms with Crippen LogP contribution in [0.15, 0.2) is 11.1 Å². The molecule has 0 spiro atoms. The van der Waals surface area contributed by atoms with Gasteiger partial charge in [-0.3, -0.25) is 14.5 Å². The van der Waals surface area contributed by atoms with Gasteiger partial charge in [-0.1, -0.05) is 11.1 Å². The lowest BCUT2D eigenvalue weighted by Gasteiger charge is -2.31. The van der Waals surface area contributed by atoms with Crippen molar-refractivity contribution >= 4 is 11.8 Å². The maximum Gasteiger partial charge on any atom is 0.229 e. The van der Waals surface area contributed by atoms with E-state index in [4.69, 9.17) is 0 Å². The molecule has 1 saturated heterocycles. The molecule has 2 amide bonds. The first-order valence-electron chi connectivity index (χ1n) is 6.56. The van der Waals surface area contributed by atoms with Gasteiger partial charge in [0.2, 0.25) is 11.8 Å². The van der Waals surface area contributed by atoms with Gasteiger partial charge in [0, 0.05) is 19.4 Å². The molecule has 3 heteroatoms. The van der Waals surface area contributed by atoms with E-state index >= 15 is 0 Å². The molecule has 2 aliphatic rings. The minimum absolute atomic E-state index is 0.0326. The van der Waals surface area contributed by atoms with E-state index in [1.807, 2.05) is 0 Å². The smallest absolute Gasteiger partial charge is 0.229 e. The molecule has 1 aliphatic carbocycles. The Balaban J connectivity index is 1.97. The molecular weight excluding hydrogens is 214 g/mol. The number of carbonyl (C=O) groups excluding carboxylic acids is 2. The second-order valence-electron chi connectivity index (χ2n) is 5.42. The van der Waals surface area contributed by atoms with Gasteiger partial charge in [0.25, 0.3) is 0 Å². The van der Waals surface area contributed by atoms with Gasteiger partial charge >= 0.3 is 0 Å². The molecule has 0 radical (unpaired) electrons. The third kappa shape index (κ3) is 2.76. The highest BCUT2D eigenvalue weighted by Crippen LogP contribution is 2.30. The summed E-state index contributed by atoms with van der Waals surface area (Å²) in [7, 11) is 0. The monoisotopic (exact) mass is 235 g/mol. The summed E-state index contributed by atoms with van der Waals surface area (Å²) in [4.78, 5) is 24.9. The van der Waals surface area contributed by atoms with Crippen molar-refractivity contribution in [3.63, 3.8) is 0 Å². The quantitative estimate of drug-likeness (QED) is 0.545. The molecule has 1 fully saturated rings. The average molecular weight is 235 g/mol. The van der Waals surface area contributed by atoms with Crippen molar-refractivity contribution < 1.29 is 9.59 Å². The minimum atomic E-state index is 0.0326. The molecular formula is C14H21NO2. The summed E-state index contributed by atoms with van der Waals surface area (Å²) >= 11 is 0. The third-order valence-corrected chi connectivity index (χ3v) is 4.08. The molecule has 94 valence electrons. The molecule has 1 atom stereocenters. The molecule has 0 aromatic carbocycles. The van der Waals surface area contributed by atoms with Crippen LogP contribution in [0.1, 0.15) is 52.4 Å². The number of piperidine rings is 1. The molecule has 17 heavy (non-hydrogen) atoms. The van der Waals surface area contributed by atoms with Gasteiger partial charge in [-0.15, -0.1) is 0 Å². The summed E-state index contributed by atoms with van der Waals surface area (Å²) < 4.78 is 0. The van der Waals surface area contributed by atoms with Gasteiger partial charge in [0.05, 0.1) is 0 Å².